The molecule has 8 heteroatoms. The van der Waals surface area contributed by atoms with E-state index < -0.39 is 9.84 Å². The van der Waals surface area contributed by atoms with E-state index in [0.29, 0.717) is 24.8 Å². The number of hydrogen-bond donors (Lipinski definition) is 2. The Morgan fingerprint density at radius 2 is 2.07 bits per heavy atom. The highest BCUT2D eigenvalue weighted by atomic mass is 32.2. The highest BCUT2D eigenvalue weighted by Crippen LogP contribution is 2.26. The van der Waals surface area contributed by atoms with Gasteiger partial charge in [0.15, 0.2) is 5.96 Å². The summed E-state index contributed by atoms with van der Waals surface area (Å²) in [5.41, 5.74) is 1.03. The van der Waals surface area contributed by atoms with Gasteiger partial charge in [0.25, 0.3) is 0 Å². The number of hydrogen-bond acceptors (Lipinski definition) is 5. The Labute approximate surface area is 175 Å². The normalized spacial score (nSPS) is 21.4. The molecule has 164 valence electrons. The lowest BCUT2D eigenvalue weighted by Crippen LogP contribution is -2.42. The summed E-state index contributed by atoms with van der Waals surface area (Å²) >= 11 is 0. The summed E-state index contributed by atoms with van der Waals surface area (Å²) in [6.07, 6.45) is 8.42. The zero-order valence-corrected chi connectivity index (χ0v) is 19.0. The van der Waals surface area contributed by atoms with Crippen LogP contribution in [0, 0.1) is 5.92 Å². The van der Waals surface area contributed by atoms with Crippen LogP contribution in [0.25, 0.3) is 0 Å². The van der Waals surface area contributed by atoms with Gasteiger partial charge in [0.2, 0.25) is 5.88 Å². The number of ether oxygens (including phenoxy) is 1. The first kappa shape index (κ1) is 23.4. The summed E-state index contributed by atoms with van der Waals surface area (Å²) in [6, 6.07) is 3.90. The van der Waals surface area contributed by atoms with Crippen molar-refractivity contribution in [3.05, 3.63) is 23.9 Å². The van der Waals surface area contributed by atoms with Crippen LogP contribution in [0.2, 0.25) is 0 Å². The second-order valence-corrected chi connectivity index (χ2v) is 10.4. The smallest absolute Gasteiger partial charge is 0.213 e. The molecule has 0 aromatic carbocycles. The van der Waals surface area contributed by atoms with Gasteiger partial charge in [0.1, 0.15) is 15.9 Å². The number of aliphatic imine (C=N–C) groups is 1. The van der Waals surface area contributed by atoms with Crippen molar-refractivity contribution < 1.29 is 13.2 Å². The van der Waals surface area contributed by atoms with Gasteiger partial charge < -0.3 is 15.4 Å². The van der Waals surface area contributed by atoms with Crippen molar-refractivity contribution in [1.82, 2.24) is 15.6 Å². The van der Waals surface area contributed by atoms with Crippen molar-refractivity contribution in [3.63, 3.8) is 0 Å². The van der Waals surface area contributed by atoms with E-state index in [1.807, 2.05) is 26.0 Å². The van der Waals surface area contributed by atoms with Gasteiger partial charge in [0, 0.05) is 31.1 Å². The summed E-state index contributed by atoms with van der Waals surface area (Å²) in [4.78, 5) is 8.98. The van der Waals surface area contributed by atoms with Gasteiger partial charge in [-0.1, -0.05) is 6.92 Å². The first-order chi connectivity index (χ1) is 13.7. The Morgan fingerprint density at radius 1 is 1.34 bits per heavy atom. The third-order valence-electron chi connectivity index (χ3n) is 5.12. The lowest BCUT2D eigenvalue weighted by atomic mass is 9.89. The Hall–Kier alpha value is -1.83. The summed E-state index contributed by atoms with van der Waals surface area (Å²) in [5.74, 6) is 2.29. The number of pyridine rings is 1. The number of nitrogens with one attached hydrogen (secondary N) is 2. The summed E-state index contributed by atoms with van der Waals surface area (Å²) in [6.45, 7) is 7.48. The van der Waals surface area contributed by atoms with E-state index in [1.165, 1.54) is 19.1 Å². The molecular weight excluding hydrogens is 388 g/mol. The van der Waals surface area contributed by atoms with E-state index in [1.54, 1.807) is 6.20 Å². The van der Waals surface area contributed by atoms with Crippen molar-refractivity contribution in [2.24, 2.45) is 10.9 Å². The Morgan fingerprint density at radius 3 is 2.72 bits per heavy atom. The summed E-state index contributed by atoms with van der Waals surface area (Å²) < 4.78 is 28.8. The molecule has 1 aromatic heterocycles. The van der Waals surface area contributed by atoms with Crippen LogP contribution >= 0.6 is 0 Å². The predicted octanol–water partition coefficient (Wildman–Crippen LogP) is 2.92. The van der Waals surface area contributed by atoms with E-state index in [0.717, 1.165) is 30.9 Å². The number of sulfone groups is 1. The molecule has 1 unspecified atom stereocenters. The zero-order valence-electron chi connectivity index (χ0n) is 18.1. The SMILES string of the molecule is CCNC(=NCc1ccnc(OC2CCC(C)CC2)c1)NC(C)CCS(C)(=O)=O. The zero-order chi connectivity index (χ0) is 21.3. The van der Waals surface area contributed by atoms with Gasteiger partial charge in [-0.25, -0.2) is 18.4 Å². The highest BCUT2D eigenvalue weighted by molar-refractivity contribution is 7.90. The van der Waals surface area contributed by atoms with E-state index in [-0.39, 0.29) is 17.9 Å². The highest BCUT2D eigenvalue weighted by Gasteiger charge is 2.20. The second-order valence-electron chi connectivity index (χ2n) is 8.16. The van der Waals surface area contributed by atoms with Crippen LogP contribution in [0.4, 0.5) is 0 Å². The van der Waals surface area contributed by atoms with E-state index in [9.17, 15) is 8.42 Å². The maximum atomic E-state index is 11.4. The average molecular weight is 425 g/mol. The van der Waals surface area contributed by atoms with Crippen molar-refractivity contribution in [1.29, 1.82) is 0 Å². The van der Waals surface area contributed by atoms with E-state index >= 15 is 0 Å². The van der Waals surface area contributed by atoms with Crippen molar-refractivity contribution >= 4 is 15.8 Å². The molecule has 1 aliphatic rings. The van der Waals surface area contributed by atoms with Crippen LogP contribution in [0.5, 0.6) is 5.88 Å². The van der Waals surface area contributed by atoms with Gasteiger partial charge in [-0.3, -0.25) is 0 Å². The Bertz CT molecular complexity index is 759. The fraction of sp³-hybridized carbons (Fsp3) is 0.714. The summed E-state index contributed by atoms with van der Waals surface area (Å²) in [7, 11) is -2.96. The standard InChI is InChI=1S/C21H36N4O3S/c1-5-22-21(25-17(3)11-13-29(4,26)27)24-15-18-10-12-23-20(14-18)28-19-8-6-16(2)7-9-19/h10,12,14,16-17,19H,5-9,11,13,15H2,1-4H3,(H2,22,24,25). The van der Waals surface area contributed by atoms with Crippen molar-refractivity contribution in [3.8, 4) is 5.88 Å². The van der Waals surface area contributed by atoms with Crippen molar-refractivity contribution in [2.75, 3.05) is 18.6 Å². The topological polar surface area (TPSA) is 92.7 Å². The van der Waals surface area contributed by atoms with Crippen LogP contribution in [0.3, 0.4) is 0 Å². The lowest BCUT2D eigenvalue weighted by Gasteiger charge is -2.26. The minimum absolute atomic E-state index is 0.00699. The molecule has 0 aliphatic heterocycles. The Balaban J connectivity index is 1.92. The Kier molecular flexibility index (Phi) is 9.20. The molecule has 1 atom stereocenters. The third-order valence-corrected chi connectivity index (χ3v) is 6.10. The minimum atomic E-state index is -2.96. The van der Waals surface area contributed by atoms with Gasteiger partial charge >= 0.3 is 0 Å². The monoisotopic (exact) mass is 424 g/mol. The van der Waals surface area contributed by atoms with Crippen LogP contribution in [-0.2, 0) is 16.4 Å². The number of aromatic nitrogens is 1. The fourth-order valence-electron chi connectivity index (χ4n) is 3.32. The largest absolute Gasteiger partial charge is 0.474 e. The molecule has 0 spiro atoms. The summed E-state index contributed by atoms with van der Waals surface area (Å²) in [5, 5.41) is 6.48. The van der Waals surface area contributed by atoms with Gasteiger partial charge in [-0.05, 0) is 63.5 Å². The first-order valence-corrected chi connectivity index (χ1v) is 12.7. The molecule has 1 heterocycles. The number of nitrogens with zero attached hydrogens (tertiary/aromatic N) is 2. The third kappa shape index (κ3) is 9.47. The van der Waals surface area contributed by atoms with Crippen LogP contribution in [-0.4, -0.2) is 50.1 Å². The minimum Gasteiger partial charge on any atom is -0.474 e. The maximum absolute atomic E-state index is 11.4. The molecule has 0 bridgehead atoms. The molecule has 0 radical (unpaired) electrons. The van der Waals surface area contributed by atoms with Crippen LogP contribution in [0.1, 0.15) is 58.4 Å². The second kappa shape index (κ2) is 11.4. The lowest BCUT2D eigenvalue weighted by molar-refractivity contribution is 0.130. The number of guanidine groups is 1. The molecule has 0 amide bonds. The molecule has 1 saturated carbocycles. The van der Waals surface area contributed by atoms with Crippen LogP contribution in [0.15, 0.2) is 23.3 Å². The first-order valence-electron chi connectivity index (χ1n) is 10.6. The molecule has 2 N–H and O–H groups in total. The predicted molar refractivity (Wildman–Crippen MR) is 118 cm³/mol. The molecule has 7 nitrogen and oxygen atoms in total. The quantitative estimate of drug-likeness (QED) is 0.468. The van der Waals surface area contributed by atoms with E-state index in [4.69, 9.17) is 4.74 Å². The van der Waals surface area contributed by atoms with E-state index in [2.05, 4.69) is 27.5 Å². The maximum Gasteiger partial charge on any atom is 0.213 e. The molecule has 1 aliphatic carbocycles. The fourth-order valence-corrected chi connectivity index (χ4v) is 4.10. The van der Waals surface area contributed by atoms with Gasteiger partial charge in [-0.2, -0.15) is 0 Å². The van der Waals surface area contributed by atoms with Crippen LogP contribution < -0.4 is 15.4 Å². The number of rotatable bonds is 9. The molecule has 1 aromatic rings. The average Bonchev–Trinajstić information content (AvgIpc) is 2.66. The molecule has 2 rings (SSSR count). The molecule has 0 saturated heterocycles. The molecular formula is C21H36N4O3S. The molecule has 29 heavy (non-hydrogen) atoms. The van der Waals surface area contributed by atoms with Gasteiger partial charge in [0.05, 0.1) is 12.3 Å². The van der Waals surface area contributed by atoms with Gasteiger partial charge in [-0.15, -0.1) is 0 Å². The molecule has 1 fully saturated rings. The van der Waals surface area contributed by atoms with Crippen molar-refractivity contribution in [2.45, 2.75) is 71.6 Å².